The molecule has 0 bridgehead atoms. The molecular weight excluding hydrogens is 286 g/mol. The van der Waals surface area contributed by atoms with E-state index in [9.17, 15) is 9.59 Å². The second-order valence-electron chi connectivity index (χ2n) is 4.36. The van der Waals surface area contributed by atoms with Crippen LogP contribution >= 0.6 is 11.8 Å². The van der Waals surface area contributed by atoms with E-state index in [1.165, 1.54) is 11.8 Å². The van der Waals surface area contributed by atoms with E-state index in [0.29, 0.717) is 11.3 Å². The maximum atomic E-state index is 12.1. The van der Waals surface area contributed by atoms with Crippen molar-refractivity contribution in [2.75, 3.05) is 5.32 Å². The van der Waals surface area contributed by atoms with E-state index in [0.717, 1.165) is 5.03 Å². The molecule has 1 aromatic carbocycles. The molecule has 3 N–H and O–H groups in total. The Balaban J connectivity index is 1.95. The van der Waals surface area contributed by atoms with Crippen LogP contribution in [0.2, 0.25) is 0 Å². The summed E-state index contributed by atoms with van der Waals surface area (Å²) in [5.41, 5.74) is 6.19. The molecule has 0 fully saturated rings. The van der Waals surface area contributed by atoms with Crippen molar-refractivity contribution < 1.29 is 9.59 Å². The molecule has 0 saturated carbocycles. The predicted octanol–water partition coefficient (Wildman–Crippen LogP) is 2.30. The lowest BCUT2D eigenvalue weighted by molar-refractivity contribution is -0.115. The summed E-state index contributed by atoms with van der Waals surface area (Å²) in [6, 6.07) is 12.0. The fraction of sp³-hybridized carbons (Fsp3) is 0.133. The van der Waals surface area contributed by atoms with E-state index in [4.69, 9.17) is 5.73 Å². The van der Waals surface area contributed by atoms with Gasteiger partial charge in [-0.25, -0.2) is 4.98 Å². The fourth-order valence-corrected chi connectivity index (χ4v) is 2.42. The van der Waals surface area contributed by atoms with Gasteiger partial charge in [-0.05, 0) is 43.3 Å². The number of pyridine rings is 1. The molecule has 1 aromatic heterocycles. The monoisotopic (exact) mass is 301 g/mol. The summed E-state index contributed by atoms with van der Waals surface area (Å²) in [6.07, 6.45) is 1.69. The van der Waals surface area contributed by atoms with Gasteiger partial charge in [0.2, 0.25) is 11.8 Å². The molecule has 2 aromatic rings. The largest absolute Gasteiger partial charge is 0.366 e. The van der Waals surface area contributed by atoms with Crippen molar-refractivity contribution in [3.63, 3.8) is 0 Å². The van der Waals surface area contributed by atoms with Crippen LogP contribution < -0.4 is 11.1 Å². The molecule has 5 nitrogen and oxygen atoms in total. The number of nitrogens with zero attached hydrogens (tertiary/aromatic N) is 1. The van der Waals surface area contributed by atoms with Crippen LogP contribution in [-0.2, 0) is 4.79 Å². The number of benzene rings is 1. The lowest BCUT2D eigenvalue weighted by atomic mass is 10.2. The van der Waals surface area contributed by atoms with Gasteiger partial charge in [-0.3, -0.25) is 9.59 Å². The Bertz CT molecular complexity index is 629. The standard InChI is InChI=1S/C15H15N3O2S/c1-10(21-13-4-2-3-9-17-13)15(20)18-12-7-5-11(6-8-12)14(16)19/h2-10H,1H3,(H2,16,19)(H,18,20). The lowest BCUT2D eigenvalue weighted by Gasteiger charge is -2.11. The molecule has 0 aliphatic heterocycles. The minimum atomic E-state index is -0.494. The van der Waals surface area contributed by atoms with Gasteiger partial charge in [-0.15, -0.1) is 0 Å². The molecule has 0 aliphatic rings. The van der Waals surface area contributed by atoms with Crippen LogP contribution in [-0.4, -0.2) is 22.0 Å². The number of anilines is 1. The second-order valence-corrected chi connectivity index (χ2v) is 5.72. The van der Waals surface area contributed by atoms with Crippen LogP contribution in [0.3, 0.4) is 0 Å². The molecule has 2 amide bonds. The number of primary amides is 1. The first kappa shape index (κ1) is 15.1. The van der Waals surface area contributed by atoms with Gasteiger partial charge in [0.25, 0.3) is 0 Å². The zero-order valence-electron chi connectivity index (χ0n) is 11.4. The molecule has 1 unspecified atom stereocenters. The fourth-order valence-electron chi connectivity index (χ4n) is 1.61. The first-order valence-electron chi connectivity index (χ1n) is 6.34. The number of nitrogens with one attached hydrogen (secondary N) is 1. The van der Waals surface area contributed by atoms with Gasteiger partial charge in [-0.1, -0.05) is 17.8 Å². The average Bonchev–Trinajstić information content (AvgIpc) is 2.48. The third-order valence-electron chi connectivity index (χ3n) is 2.74. The van der Waals surface area contributed by atoms with Gasteiger partial charge >= 0.3 is 0 Å². The summed E-state index contributed by atoms with van der Waals surface area (Å²) in [5, 5.41) is 3.30. The molecule has 0 aliphatic carbocycles. The topological polar surface area (TPSA) is 85.1 Å². The SMILES string of the molecule is CC(Sc1ccccn1)C(=O)Nc1ccc(C(N)=O)cc1. The summed E-state index contributed by atoms with van der Waals surface area (Å²) in [5.74, 6) is -0.621. The highest BCUT2D eigenvalue weighted by molar-refractivity contribution is 8.00. The molecule has 21 heavy (non-hydrogen) atoms. The highest BCUT2D eigenvalue weighted by Gasteiger charge is 2.15. The normalized spacial score (nSPS) is 11.7. The van der Waals surface area contributed by atoms with Crippen molar-refractivity contribution in [2.45, 2.75) is 17.2 Å². The molecular formula is C15H15N3O2S. The Hall–Kier alpha value is -2.34. The molecule has 2 rings (SSSR count). The van der Waals surface area contributed by atoms with Crippen molar-refractivity contribution >= 4 is 29.3 Å². The Morgan fingerprint density at radius 1 is 1.19 bits per heavy atom. The van der Waals surface area contributed by atoms with Crippen molar-refractivity contribution in [1.82, 2.24) is 4.98 Å². The Labute approximate surface area is 127 Å². The Morgan fingerprint density at radius 3 is 2.48 bits per heavy atom. The van der Waals surface area contributed by atoms with Crippen molar-refractivity contribution in [3.8, 4) is 0 Å². The molecule has 6 heteroatoms. The number of carbonyl (C=O) groups is 2. The number of thioether (sulfide) groups is 1. The summed E-state index contributed by atoms with van der Waals surface area (Å²) >= 11 is 1.38. The van der Waals surface area contributed by atoms with Gasteiger partial charge in [0.15, 0.2) is 0 Å². The van der Waals surface area contributed by atoms with E-state index in [1.807, 2.05) is 25.1 Å². The zero-order valence-corrected chi connectivity index (χ0v) is 12.3. The number of rotatable bonds is 5. The van der Waals surface area contributed by atoms with Crippen LogP contribution in [0.1, 0.15) is 17.3 Å². The minimum absolute atomic E-state index is 0.127. The number of carbonyl (C=O) groups excluding carboxylic acids is 2. The third kappa shape index (κ3) is 4.32. The van der Waals surface area contributed by atoms with Gasteiger partial charge in [0.1, 0.15) is 0 Å². The maximum absolute atomic E-state index is 12.1. The van der Waals surface area contributed by atoms with E-state index >= 15 is 0 Å². The molecule has 108 valence electrons. The molecule has 1 atom stereocenters. The molecule has 0 radical (unpaired) electrons. The van der Waals surface area contributed by atoms with Crippen molar-refractivity contribution in [1.29, 1.82) is 0 Å². The van der Waals surface area contributed by atoms with E-state index < -0.39 is 5.91 Å². The highest BCUT2D eigenvalue weighted by atomic mass is 32.2. The van der Waals surface area contributed by atoms with Crippen molar-refractivity contribution in [2.24, 2.45) is 5.73 Å². The number of amides is 2. The summed E-state index contributed by atoms with van der Waals surface area (Å²) in [7, 11) is 0. The Morgan fingerprint density at radius 2 is 1.90 bits per heavy atom. The second kappa shape index (κ2) is 6.90. The van der Waals surface area contributed by atoms with Crippen LogP contribution in [0, 0.1) is 0 Å². The summed E-state index contributed by atoms with van der Waals surface area (Å²) in [4.78, 5) is 27.2. The van der Waals surface area contributed by atoms with Gasteiger partial charge in [0.05, 0.1) is 10.3 Å². The van der Waals surface area contributed by atoms with E-state index in [-0.39, 0.29) is 11.2 Å². The third-order valence-corrected chi connectivity index (χ3v) is 3.79. The van der Waals surface area contributed by atoms with E-state index in [2.05, 4.69) is 10.3 Å². The average molecular weight is 301 g/mol. The zero-order chi connectivity index (χ0) is 15.2. The number of nitrogens with two attached hydrogens (primary N) is 1. The summed E-state index contributed by atoms with van der Waals surface area (Å²) < 4.78 is 0. The van der Waals surface area contributed by atoms with E-state index in [1.54, 1.807) is 30.5 Å². The predicted molar refractivity (Wildman–Crippen MR) is 83.1 cm³/mol. The lowest BCUT2D eigenvalue weighted by Crippen LogP contribution is -2.22. The molecule has 0 saturated heterocycles. The summed E-state index contributed by atoms with van der Waals surface area (Å²) in [6.45, 7) is 1.81. The molecule has 0 spiro atoms. The number of hydrogen-bond donors (Lipinski definition) is 2. The van der Waals surface area contributed by atoms with Crippen LogP contribution in [0.4, 0.5) is 5.69 Å². The maximum Gasteiger partial charge on any atom is 0.248 e. The first-order valence-corrected chi connectivity index (χ1v) is 7.22. The Kier molecular flexibility index (Phi) is 4.94. The first-order chi connectivity index (χ1) is 10.1. The minimum Gasteiger partial charge on any atom is -0.366 e. The van der Waals surface area contributed by atoms with Crippen LogP contribution in [0.5, 0.6) is 0 Å². The van der Waals surface area contributed by atoms with Gasteiger partial charge in [-0.2, -0.15) is 0 Å². The smallest absolute Gasteiger partial charge is 0.248 e. The van der Waals surface area contributed by atoms with Crippen molar-refractivity contribution in [3.05, 3.63) is 54.2 Å². The molecule has 1 heterocycles. The van der Waals surface area contributed by atoms with Gasteiger partial charge in [0, 0.05) is 17.4 Å². The number of hydrogen-bond acceptors (Lipinski definition) is 4. The number of aromatic nitrogens is 1. The van der Waals surface area contributed by atoms with Crippen LogP contribution in [0.25, 0.3) is 0 Å². The highest BCUT2D eigenvalue weighted by Crippen LogP contribution is 2.21. The van der Waals surface area contributed by atoms with Crippen LogP contribution in [0.15, 0.2) is 53.7 Å². The quantitative estimate of drug-likeness (QED) is 0.830. The van der Waals surface area contributed by atoms with Gasteiger partial charge < -0.3 is 11.1 Å².